The highest BCUT2D eigenvalue weighted by Gasteiger charge is 2.12. The zero-order chi connectivity index (χ0) is 15.2. The maximum Gasteiger partial charge on any atom is 0.275 e. The Kier molecular flexibility index (Phi) is 4.70. The fourth-order valence-electron chi connectivity index (χ4n) is 1.89. The number of anilines is 1. The van der Waals surface area contributed by atoms with Gasteiger partial charge in [0.1, 0.15) is 11.5 Å². The average Bonchev–Trinajstić information content (AvgIpc) is 2.49. The first-order chi connectivity index (χ1) is 10.1. The van der Waals surface area contributed by atoms with Crippen LogP contribution in [0.15, 0.2) is 42.5 Å². The van der Waals surface area contributed by atoms with Crippen LogP contribution >= 0.6 is 0 Å². The minimum atomic E-state index is -0.521. The molecule has 0 radical (unpaired) electrons. The first-order valence-electron chi connectivity index (χ1n) is 6.26. The number of nitrogens with one attached hydrogen (secondary N) is 1. The van der Waals surface area contributed by atoms with Gasteiger partial charge in [-0.1, -0.05) is 18.2 Å². The van der Waals surface area contributed by atoms with Gasteiger partial charge in [0.25, 0.3) is 5.69 Å². The summed E-state index contributed by atoms with van der Waals surface area (Å²) >= 11 is 0. The molecular weight excluding hydrogens is 274 g/mol. The van der Waals surface area contributed by atoms with Gasteiger partial charge in [0, 0.05) is 18.7 Å². The third-order valence-corrected chi connectivity index (χ3v) is 2.85. The second-order valence-corrected chi connectivity index (χ2v) is 4.30. The Bertz CT molecular complexity index is 646. The molecule has 0 aliphatic rings. The summed E-state index contributed by atoms with van der Waals surface area (Å²) in [7, 11) is 0. The lowest BCUT2D eigenvalue weighted by Crippen LogP contribution is -2.07. The van der Waals surface area contributed by atoms with Crippen molar-refractivity contribution in [1.82, 2.24) is 0 Å². The van der Waals surface area contributed by atoms with Crippen molar-refractivity contribution in [2.45, 2.75) is 6.42 Å². The second kappa shape index (κ2) is 6.69. The van der Waals surface area contributed by atoms with Crippen LogP contribution in [0.4, 0.5) is 11.4 Å². The number of nitrogens with zero attached hydrogens (tertiary/aromatic N) is 1. The van der Waals surface area contributed by atoms with E-state index < -0.39 is 4.92 Å². The number of aliphatic hydroxyl groups is 1. The van der Waals surface area contributed by atoms with Gasteiger partial charge in [-0.15, -0.1) is 0 Å². The lowest BCUT2D eigenvalue weighted by Gasteiger charge is -2.11. The molecule has 7 heteroatoms. The normalized spacial score (nSPS) is 10.2. The number of rotatable bonds is 6. The van der Waals surface area contributed by atoms with E-state index in [-0.39, 0.29) is 12.3 Å². The van der Waals surface area contributed by atoms with E-state index in [0.29, 0.717) is 23.6 Å². The Morgan fingerprint density at radius 1 is 1.29 bits per heavy atom. The number of benzene rings is 2. The molecule has 7 nitrogen and oxygen atoms in total. The summed E-state index contributed by atoms with van der Waals surface area (Å²) in [6.45, 7) is -0.00901. The van der Waals surface area contributed by atoms with Gasteiger partial charge in [0.2, 0.25) is 0 Å². The van der Waals surface area contributed by atoms with Crippen LogP contribution in [0, 0.1) is 10.1 Å². The molecule has 0 aliphatic heterocycles. The van der Waals surface area contributed by atoms with Crippen molar-refractivity contribution < 1.29 is 14.8 Å². The third-order valence-electron chi connectivity index (χ3n) is 2.85. The molecule has 0 heterocycles. The number of hydrogen-bond acceptors (Lipinski definition) is 6. The van der Waals surface area contributed by atoms with E-state index in [4.69, 9.17) is 15.7 Å². The Balaban J connectivity index is 2.35. The monoisotopic (exact) mass is 289 g/mol. The number of hydrogen-bond donors (Lipinski definition) is 3. The quantitative estimate of drug-likeness (QED) is 0.427. The standard InChI is InChI=1S/C14H15N3O4/c15-16-11-7-12(17(19)20)9-13(8-11)21-14-4-2-1-3-10(14)5-6-18/h1-4,7-9,16,18H,5-6,15H2. The Morgan fingerprint density at radius 2 is 2.05 bits per heavy atom. The first kappa shape index (κ1) is 14.8. The lowest BCUT2D eigenvalue weighted by atomic mass is 10.1. The predicted octanol–water partition coefficient (Wildman–Crippen LogP) is 2.21. The van der Waals surface area contributed by atoms with Gasteiger partial charge < -0.3 is 15.3 Å². The summed E-state index contributed by atoms with van der Waals surface area (Å²) in [5.74, 6) is 6.13. The Labute approximate surface area is 121 Å². The van der Waals surface area contributed by atoms with E-state index in [0.717, 1.165) is 5.56 Å². The van der Waals surface area contributed by atoms with Crippen molar-refractivity contribution in [3.05, 3.63) is 58.1 Å². The number of nitro benzene ring substituents is 1. The molecule has 0 bridgehead atoms. The van der Waals surface area contributed by atoms with Gasteiger partial charge in [-0.05, 0) is 18.1 Å². The van der Waals surface area contributed by atoms with Crippen LogP contribution in [0.5, 0.6) is 11.5 Å². The van der Waals surface area contributed by atoms with Crippen LogP contribution in [0.3, 0.4) is 0 Å². The fourth-order valence-corrected chi connectivity index (χ4v) is 1.89. The number of ether oxygens (including phenoxy) is 1. The summed E-state index contributed by atoms with van der Waals surface area (Å²) < 4.78 is 5.68. The van der Waals surface area contributed by atoms with Gasteiger partial charge in [-0.25, -0.2) is 0 Å². The Hall–Kier alpha value is -2.64. The zero-order valence-electron chi connectivity index (χ0n) is 11.2. The molecule has 0 aromatic heterocycles. The highest BCUT2D eigenvalue weighted by Crippen LogP contribution is 2.31. The van der Waals surface area contributed by atoms with Crippen LogP contribution in [-0.2, 0) is 6.42 Å². The fraction of sp³-hybridized carbons (Fsp3) is 0.143. The zero-order valence-corrected chi connectivity index (χ0v) is 11.2. The molecule has 21 heavy (non-hydrogen) atoms. The van der Waals surface area contributed by atoms with E-state index >= 15 is 0 Å². The molecule has 110 valence electrons. The summed E-state index contributed by atoms with van der Waals surface area (Å²) in [5.41, 5.74) is 3.43. The molecule has 2 rings (SSSR count). The van der Waals surface area contributed by atoms with Gasteiger partial charge in [-0.3, -0.25) is 16.0 Å². The lowest BCUT2D eigenvalue weighted by molar-refractivity contribution is -0.384. The average molecular weight is 289 g/mol. The number of para-hydroxylation sites is 1. The highest BCUT2D eigenvalue weighted by atomic mass is 16.6. The summed E-state index contributed by atoms with van der Waals surface area (Å²) in [6, 6.07) is 11.4. The maximum atomic E-state index is 10.9. The molecule has 0 spiro atoms. The van der Waals surface area contributed by atoms with Crippen LogP contribution in [0.1, 0.15) is 5.56 Å². The molecule has 0 amide bonds. The third kappa shape index (κ3) is 3.68. The number of nitrogens with two attached hydrogens (primary N) is 1. The van der Waals surface area contributed by atoms with Gasteiger partial charge in [-0.2, -0.15) is 0 Å². The minimum absolute atomic E-state index is 0.00901. The molecule has 4 N–H and O–H groups in total. The largest absolute Gasteiger partial charge is 0.457 e. The molecule has 0 saturated carbocycles. The predicted molar refractivity (Wildman–Crippen MR) is 78.2 cm³/mol. The van der Waals surface area contributed by atoms with E-state index in [1.54, 1.807) is 18.2 Å². The van der Waals surface area contributed by atoms with Crippen molar-refractivity contribution >= 4 is 11.4 Å². The number of aliphatic hydroxyl groups excluding tert-OH is 1. The first-order valence-corrected chi connectivity index (χ1v) is 6.26. The van der Waals surface area contributed by atoms with Gasteiger partial charge in [0.15, 0.2) is 0 Å². The van der Waals surface area contributed by atoms with Crippen molar-refractivity contribution in [1.29, 1.82) is 0 Å². The van der Waals surface area contributed by atoms with Crippen molar-refractivity contribution in [2.24, 2.45) is 5.84 Å². The maximum absolute atomic E-state index is 10.9. The van der Waals surface area contributed by atoms with Crippen LogP contribution in [-0.4, -0.2) is 16.6 Å². The molecule has 2 aromatic rings. The minimum Gasteiger partial charge on any atom is -0.457 e. The SMILES string of the molecule is NNc1cc(Oc2ccccc2CCO)cc([N+](=O)[O-])c1. The van der Waals surface area contributed by atoms with Crippen LogP contribution in [0.25, 0.3) is 0 Å². The van der Waals surface area contributed by atoms with E-state index in [9.17, 15) is 10.1 Å². The van der Waals surface area contributed by atoms with Crippen molar-refractivity contribution in [3.63, 3.8) is 0 Å². The molecule has 2 aromatic carbocycles. The number of non-ortho nitro benzene ring substituents is 1. The van der Waals surface area contributed by atoms with Crippen LogP contribution < -0.4 is 16.0 Å². The van der Waals surface area contributed by atoms with E-state index in [2.05, 4.69) is 5.43 Å². The van der Waals surface area contributed by atoms with Gasteiger partial charge in [0.05, 0.1) is 16.7 Å². The molecular formula is C14H15N3O4. The highest BCUT2D eigenvalue weighted by molar-refractivity contribution is 5.56. The Morgan fingerprint density at radius 3 is 2.71 bits per heavy atom. The molecule has 0 fully saturated rings. The molecule has 0 saturated heterocycles. The number of hydrazine groups is 1. The van der Waals surface area contributed by atoms with Gasteiger partial charge >= 0.3 is 0 Å². The summed E-state index contributed by atoms with van der Waals surface area (Å²) in [4.78, 5) is 10.4. The van der Waals surface area contributed by atoms with Crippen LogP contribution in [0.2, 0.25) is 0 Å². The molecule has 0 atom stereocenters. The van der Waals surface area contributed by atoms with Crippen molar-refractivity contribution in [2.75, 3.05) is 12.0 Å². The number of nitrogen functional groups attached to an aromatic ring is 1. The number of nitro groups is 1. The van der Waals surface area contributed by atoms with E-state index in [1.807, 2.05) is 12.1 Å². The molecule has 0 aliphatic carbocycles. The summed E-state index contributed by atoms with van der Waals surface area (Å²) in [6.07, 6.45) is 0.438. The summed E-state index contributed by atoms with van der Waals surface area (Å²) in [5, 5.41) is 19.9. The van der Waals surface area contributed by atoms with Crippen molar-refractivity contribution in [3.8, 4) is 11.5 Å². The van der Waals surface area contributed by atoms with E-state index in [1.165, 1.54) is 12.1 Å². The topological polar surface area (TPSA) is 111 Å². The molecule has 0 unspecified atom stereocenters. The second-order valence-electron chi connectivity index (χ2n) is 4.30. The smallest absolute Gasteiger partial charge is 0.275 e.